The average molecular weight is 388 g/mol. The minimum absolute atomic E-state index is 0.0943. The van der Waals surface area contributed by atoms with E-state index in [0.717, 1.165) is 31.2 Å². The molecule has 0 radical (unpaired) electrons. The van der Waals surface area contributed by atoms with E-state index in [4.69, 9.17) is 16.3 Å². The molecule has 140 valence electrons. The molecule has 1 aromatic carbocycles. The molecule has 0 spiro atoms. The molecule has 0 atom stereocenters. The van der Waals surface area contributed by atoms with Gasteiger partial charge >= 0.3 is 5.97 Å². The zero-order chi connectivity index (χ0) is 19.0. The van der Waals surface area contributed by atoms with Crippen LogP contribution in [0.4, 0.5) is 10.2 Å². The fourth-order valence-electron chi connectivity index (χ4n) is 2.84. The maximum absolute atomic E-state index is 13.0. The zero-order valence-electron chi connectivity index (χ0n) is 14.8. The quantitative estimate of drug-likeness (QED) is 0.734. The lowest BCUT2D eigenvalue weighted by Crippen LogP contribution is -2.21. The number of ether oxygens (including phenoxy) is 1. The van der Waals surface area contributed by atoms with E-state index < -0.39 is 5.97 Å². The number of rotatable bonds is 6. The van der Waals surface area contributed by atoms with Gasteiger partial charge in [0.25, 0.3) is 0 Å². The number of hydrogen-bond acceptors (Lipinski definition) is 5. The SMILES string of the molecule is COC(=O)c1nc(C2CC2)nc(NC2(/C=C/c3ccc(F)cc3)CC2)c1Cl. The molecule has 2 fully saturated rings. The first-order chi connectivity index (χ1) is 13.0. The fourth-order valence-corrected chi connectivity index (χ4v) is 3.05. The third-order valence-corrected chi connectivity index (χ3v) is 5.17. The number of hydrogen-bond donors (Lipinski definition) is 1. The molecular formula is C20H19ClFN3O2. The van der Waals surface area contributed by atoms with Crippen molar-refractivity contribution in [3.05, 3.63) is 58.3 Å². The minimum Gasteiger partial charge on any atom is -0.464 e. The third kappa shape index (κ3) is 3.95. The summed E-state index contributed by atoms with van der Waals surface area (Å²) in [6.07, 6.45) is 7.83. The van der Waals surface area contributed by atoms with Gasteiger partial charge < -0.3 is 10.1 Å². The number of carbonyl (C=O) groups is 1. The van der Waals surface area contributed by atoms with E-state index in [9.17, 15) is 9.18 Å². The van der Waals surface area contributed by atoms with Crippen molar-refractivity contribution in [2.24, 2.45) is 0 Å². The Hall–Kier alpha value is -2.47. The molecule has 1 aromatic heterocycles. The smallest absolute Gasteiger partial charge is 0.358 e. The second-order valence-electron chi connectivity index (χ2n) is 7.02. The Morgan fingerprint density at radius 3 is 2.59 bits per heavy atom. The first-order valence-corrected chi connectivity index (χ1v) is 9.26. The van der Waals surface area contributed by atoms with E-state index in [0.29, 0.717) is 11.6 Å². The Labute approximate surface area is 161 Å². The van der Waals surface area contributed by atoms with Crippen molar-refractivity contribution in [3.8, 4) is 0 Å². The lowest BCUT2D eigenvalue weighted by Gasteiger charge is -2.17. The van der Waals surface area contributed by atoms with Gasteiger partial charge in [0.15, 0.2) is 5.69 Å². The predicted octanol–water partition coefficient (Wildman–Crippen LogP) is 4.59. The molecule has 27 heavy (non-hydrogen) atoms. The average Bonchev–Trinajstić information content (AvgIpc) is 3.58. The van der Waals surface area contributed by atoms with Gasteiger partial charge in [-0.05, 0) is 43.4 Å². The van der Waals surface area contributed by atoms with Crippen LogP contribution >= 0.6 is 11.6 Å². The van der Waals surface area contributed by atoms with Gasteiger partial charge in [-0.1, -0.05) is 35.9 Å². The van der Waals surface area contributed by atoms with Crippen LogP contribution in [0.5, 0.6) is 0 Å². The number of methoxy groups -OCH3 is 1. The summed E-state index contributed by atoms with van der Waals surface area (Å²) in [5.74, 6) is 0.521. The number of esters is 1. The van der Waals surface area contributed by atoms with Crippen molar-refractivity contribution in [2.45, 2.75) is 37.1 Å². The summed E-state index contributed by atoms with van der Waals surface area (Å²) in [7, 11) is 1.30. The summed E-state index contributed by atoms with van der Waals surface area (Å²) in [4.78, 5) is 20.9. The van der Waals surface area contributed by atoms with Gasteiger partial charge in [-0.2, -0.15) is 0 Å². The monoisotopic (exact) mass is 387 g/mol. The van der Waals surface area contributed by atoms with Gasteiger partial charge in [0.2, 0.25) is 0 Å². The standard InChI is InChI=1S/C20H19ClFN3O2/c1-27-19(26)16-15(21)18(24-17(23-16)13-4-5-13)25-20(10-11-20)9-8-12-2-6-14(22)7-3-12/h2-3,6-9,13H,4-5,10-11H2,1H3,(H,23,24,25)/b9-8+. The van der Waals surface area contributed by atoms with E-state index in [1.165, 1.54) is 19.2 Å². The molecule has 4 rings (SSSR count). The van der Waals surface area contributed by atoms with Crippen LogP contribution in [-0.4, -0.2) is 28.6 Å². The molecule has 5 nitrogen and oxygen atoms in total. The summed E-state index contributed by atoms with van der Waals surface area (Å²) in [6.45, 7) is 0. The van der Waals surface area contributed by atoms with E-state index >= 15 is 0 Å². The summed E-state index contributed by atoms with van der Waals surface area (Å²) >= 11 is 6.39. The van der Waals surface area contributed by atoms with Crippen LogP contribution in [0.3, 0.4) is 0 Å². The molecule has 1 N–H and O–H groups in total. The van der Waals surface area contributed by atoms with Crippen molar-refractivity contribution in [2.75, 3.05) is 12.4 Å². The van der Waals surface area contributed by atoms with Crippen molar-refractivity contribution >= 4 is 29.5 Å². The van der Waals surface area contributed by atoms with E-state index in [-0.39, 0.29) is 28.0 Å². The predicted molar refractivity (Wildman–Crippen MR) is 101 cm³/mol. The summed E-state index contributed by atoms with van der Waals surface area (Å²) in [6, 6.07) is 6.30. The number of aromatic nitrogens is 2. The van der Waals surface area contributed by atoms with Crippen LogP contribution < -0.4 is 5.32 Å². The Morgan fingerprint density at radius 1 is 1.30 bits per heavy atom. The topological polar surface area (TPSA) is 64.1 Å². The molecule has 2 aliphatic rings. The lowest BCUT2D eigenvalue weighted by molar-refractivity contribution is 0.0593. The Balaban J connectivity index is 1.60. The highest BCUT2D eigenvalue weighted by Gasteiger charge is 2.41. The van der Waals surface area contributed by atoms with Gasteiger partial charge in [0.05, 0.1) is 12.6 Å². The minimum atomic E-state index is -0.570. The highest BCUT2D eigenvalue weighted by molar-refractivity contribution is 6.35. The van der Waals surface area contributed by atoms with Crippen LogP contribution in [-0.2, 0) is 4.74 Å². The van der Waals surface area contributed by atoms with E-state index in [2.05, 4.69) is 15.3 Å². The van der Waals surface area contributed by atoms with Gasteiger partial charge in [-0.3, -0.25) is 0 Å². The Kier molecular flexibility index (Phi) is 4.60. The van der Waals surface area contributed by atoms with Crippen LogP contribution in [0.1, 0.15) is 53.5 Å². The molecular weight excluding hydrogens is 369 g/mol. The van der Waals surface area contributed by atoms with Crippen molar-refractivity contribution in [1.82, 2.24) is 9.97 Å². The molecule has 0 saturated heterocycles. The van der Waals surface area contributed by atoms with E-state index in [1.54, 1.807) is 12.1 Å². The summed E-state index contributed by atoms with van der Waals surface area (Å²) < 4.78 is 17.8. The number of nitrogens with zero attached hydrogens (tertiary/aromatic N) is 2. The maximum atomic E-state index is 13.0. The largest absolute Gasteiger partial charge is 0.464 e. The Bertz CT molecular complexity index is 906. The van der Waals surface area contributed by atoms with E-state index in [1.807, 2.05) is 12.2 Å². The van der Waals surface area contributed by atoms with Gasteiger partial charge in [-0.25, -0.2) is 19.2 Å². The molecule has 2 aliphatic carbocycles. The van der Waals surface area contributed by atoms with Crippen LogP contribution in [0.25, 0.3) is 6.08 Å². The molecule has 0 amide bonds. The highest BCUT2D eigenvalue weighted by Crippen LogP contribution is 2.44. The van der Waals surface area contributed by atoms with Gasteiger partial charge in [0, 0.05) is 5.92 Å². The second kappa shape index (κ2) is 6.93. The first-order valence-electron chi connectivity index (χ1n) is 8.88. The summed E-state index contributed by atoms with van der Waals surface area (Å²) in [5.41, 5.74) is 0.727. The molecule has 0 aliphatic heterocycles. The molecule has 1 heterocycles. The normalized spacial score (nSPS) is 17.7. The van der Waals surface area contributed by atoms with Crippen LogP contribution in [0.15, 0.2) is 30.3 Å². The molecule has 2 aromatic rings. The number of anilines is 1. The van der Waals surface area contributed by atoms with Crippen LogP contribution in [0, 0.1) is 5.82 Å². The van der Waals surface area contributed by atoms with Crippen molar-refractivity contribution in [3.63, 3.8) is 0 Å². The van der Waals surface area contributed by atoms with Crippen LogP contribution in [0.2, 0.25) is 5.02 Å². The van der Waals surface area contributed by atoms with Crippen molar-refractivity contribution in [1.29, 1.82) is 0 Å². The zero-order valence-corrected chi connectivity index (χ0v) is 15.6. The van der Waals surface area contributed by atoms with Crippen molar-refractivity contribution < 1.29 is 13.9 Å². The number of carbonyl (C=O) groups excluding carboxylic acids is 1. The van der Waals surface area contributed by atoms with Gasteiger partial charge in [0.1, 0.15) is 22.5 Å². The molecule has 0 bridgehead atoms. The van der Waals surface area contributed by atoms with Gasteiger partial charge in [-0.15, -0.1) is 0 Å². The number of nitrogens with one attached hydrogen (secondary N) is 1. The maximum Gasteiger partial charge on any atom is 0.358 e. The number of halogens is 2. The molecule has 2 saturated carbocycles. The molecule has 0 unspecified atom stereocenters. The molecule has 7 heteroatoms. The Morgan fingerprint density at radius 2 is 2.00 bits per heavy atom. The number of benzene rings is 1. The fraction of sp³-hybridized carbons (Fsp3) is 0.350. The second-order valence-corrected chi connectivity index (χ2v) is 7.40. The summed E-state index contributed by atoms with van der Waals surface area (Å²) in [5, 5.41) is 3.54. The third-order valence-electron chi connectivity index (χ3n) is 4.81. The lowest BCUT2D eigenvalue weighted by atomic mass is 10.1. The highest BCUT2D eigenvalue weighted by atomic mass is 35.5. The first kappa shape index (κ1) is 17.9.